The number of hydrogen-bond acceptors (Lipinski definition) is 5. The largest absolute Gasteiger partial charge is 0.475 e. The van der Waals surface area contributed by atoms with Gasteiger partial charge in [0.15, 0.2) is 0 Å². The summed E-state index contributed by atoms with van der Waals surface area (Å²) < 4.78 is 1.30. The first-order chi connectivity index (χ1) is 11.3. The van der Waals surface area contributed by atoms with E-state index in [-0.39, 0.29) is 18.0 Å². The Morgan fingerprint density at radius 2 is 1.96 bits per heavy atom. The van der Waals surface area contributed by atoms with Crippen LogP contribution in [0.1, 0.15) is 34.1 Å². The van der Waals surface area contributed by atoms with Crippen molar-refractivity contribution in [1.29, 1.82) is 0 Å². The summed E-state index contributed by atoms with van der Waals surface area (Å²) in [7, 11) is -1.63. The van der Waals surface area contributed by atoms with Crippen molar-refractivity contribution in [1.82, 2.24) is 9.88 Å². The zero-order valence-electron chi connectivity index (χ0n) is 14.9. The second-order valence-corrected chi connectivity index (χ2v) is 6.24. The van der Waals surface area contributed by atoms with Crippen molar-refractivity contribution in [2.24, 2.45) is 5.92 Å². The van der Waals surface area contributed by atoms with Crippen molar-refractivity contribution >= 4 is 18.7 Å². The quantitative estimate of drug-likeness (QED) is 0.561. The molecule has 134 valence electrons. The predicted octanol–water partition coefficient (Wildman–Crippen LogP) is 0.237. The highest BCUT2D eigenvalue weighted by molar-refractivity contribution is 6.43. The number of pyridine rings is 1. The van der Waals surface area contributed by atoms with Gasteiger partial charge >= 0.3 is 7.12 Å². The second-order valence-electron chi connectivity index (χ2n) is 6.24. The molecule has 0 aromatic carbocycles. The minimum Gasteiger partial charge on any atom is -0.426 e. The number of carbonyl (C=O) groups is 1. The van der Waals surface area contributed by atoms with Gasteiger partial charge < -0.3 is 24.8 Å². The van der Waals surface area contributed by atoms with Crippen LogP contribution in [0.25, 0.3) is 0 Å². The Hall–Kier alpha value is -1.80. The molecule has 0 bridgehead atoms. The normalized spacial score (nSPS) is 12.1. The SMILES string of the molecule is CCN(CC)c1ccn(CC(=O)N[C@@H](CC(C)C)B(O)O)c(=O)c1. The summed E-state index contributed by atoms with van der Waals surface area (Å²) in [6.07, 6.45) is 2.03. The van der Waals surface area contributed by atoms with Crippen LogP contribution >= 0.6 is 0 Å². The van der Waals surface area contributed by atoms with Gasteiger partial charge in [-0.3, -0.25) is 9.59 Å². The van der Waals surface area contributed by atoms with Crippen molar-refractivity contribution in [3.05, 3.63) is 28.7 Å². The average molecular weight is 337 g/mol. The van der Waals surface area contributed by atoms with Crippen LogP contribution < -0.4 is 15.8 Å². The molecule has 0 spiro atoms. The Labute approximate surface area is 143 Å². The lowest BCUT2D eigenvalue weighted by Gasteiger charge is -2.22. The van der Waals surface area contributed by atoms with Crippen molar-refractivity contribution in [2.75, 3.05) is 18.0 Å². The highest BCUT2D eigenvalue weighted by atomic mass is 16.4. The highest BCUT2D eigenvalue weighted by Gasteiger charge is 2.26. The summed E-state index contributed by atoms with van der Waals surface area (Å²) in [4.78, 5) is 26.3. The Balaban J connectivity index is 2.78. The predicted molar refractivity (Wildman–Crippen MR) is 95.8 cm³/mol. The van der Waals surface area contributed by atoms with Gasteiger partial charge in [-0.15, -0.1) is 0 Å². The highest BCUT2D eigenvalue weighted by Crippen LogP contribution is 2.10. The molecule has 0 unspecified atom stereocenters. The minimum atomic E-state index is -1.63. The number of carbonyl (C=O) groups excluding carboxylic acids is 1. The molecule has 1 amide bonds. The molecule has 0 saturated carbocycles. The summed E-state index contributed by atoms with van der Waals surface area (Å²) >= 11 is 0. The molecule has 8 heteroatoms. The van der Waals surface area contributed by atoms with Crippen molar-refractivity contribution < 1.29 is 14.8 Å². The van der Waals surface area contributed by atoms with Gasteiger partial charge in [0.2, 0.25) is 5.91 Å². The van der Waals surface area contributed by atoms with Gasteiger partial charge in [0.1, 0.15) is 6.54 Å². The maximum atomic E-state index is 12.2. The number of hydrogen-bond donors (Lipinski definition) is 3. The van der Waals surface area contributed by atoms with Crippen LogP contribution in [0.3, 0.4) is 0 Å². The number of anilines is 1. The van der Waals surface area contributed by atoms with Crippen LogP contribution in [0.5, 0.6) is 0 Å². The van der Waals surface area contributed by atoms with Crippen LogP contribution in [0.2, 0.25) is 0 Å². The van der Waals surface area contributed by atoms with Crippen LogP contribution in [0.4, 0.5) is 5.69 Å². The van der Waals surface area contributed by atoms with E-state index in [0.29, 0.717) is 6.42 Å². The number of nitrogens with zero attached hydrogens (tertiary/aromatic N) is 2. The maximum absolute atomic E-state index is 12.2. The first-order valence-electron chi connectivity index (χ1n) is 8.39. The fourth-order valence-corrected chi connectivity index (χ4v) is 2.58. The summed E-state index contributed by atoms with van der Waals surface area (Å²) in [6.45, 7) is 9.32. The van der Waals surface area contributed by atoms with E-state index in [9.17, 15) is 19.6 Å². The second kappa shape index (κ2) is 9.49. The fourth-order valence-electron chi connectivity index (χ4n) is 2.58. The van der Waals surface area contributed by atoms with Gasteiger partial charge in [-0.1, -0.05) is 13.8 Å². The lowest BCUT2D eigenvalue weighted by atomic mass is 9.75. The first-order valence-corrected chi connectivity index (χ1v) is 8.39. The molecular weight excluding hydrogens is 309 g/mol. The van der Waals surface area contributed by atoms with Crippen LogP contribution in [-0.2, 0) is 11.3 Å². The number of nitrogens with one attached hydrogen (secondary N) is 1. The molecule has 0 aliphatic carbocycles. The van der Waals surface area contributed by atoms with Crippen LogP contribution in [0, 0.1) is 5.92 Å². The van der Waals surface area contributed by atoms with Gasteiger partial charge in [0.25, 0.3) is 5.56 Å². The van der Waals surface area contributed by atoms with E-state index in [1.54, 1.807) is 12.3 Å². The molecule has 0 aliphatic rings. The number of rotatable bonds is 9. The third kappa shape index (κ3) is 6.01. The molecule has 1 rings (SSSR count). The molecule has 1 heterocycles. The molecule has 1 aromatic heterocycles. The van der Waals surface area contributed by atoms with Crippen LogP contribution in [0.15, 0.2) is 23.1 Å². The van der Waals surface area contributed by atoms with Crippen molar-refractivity contribution in [3.63, 3.8) is 0 Å². The van der Waals surface area contributed by atoms with Crippen molar-refractivity contribution in [3.8, 4) is 0 Å². The molecule has 24 heavy (non-hydrogen) atoms. The van der Waals surface area contributed by atoms with Gasteiger partial charge in [-0.25, -0.2) is 0 Å². The number of aromatic nitrogens is 1. The summed E-state index contributed by atoms with van der Waals surface area (Å²) in [6, 6.07) is 3.31. The van der Waals surface area contributed by atoms with E-state index in [4.69, 9.17) is 0 Å². The Bertz CT molecular complexity index is 585. The number of amides is 1. The maximum Gasteiger partial charge on any atom is 0.475 e. The monoisotopic (exact) mass is 337 g/mol. The van der Waals surface area contributed by atoms with E-state index in [1.807, 2.05) is 32.6 Å². The zero-order valence-corrected chi connectivity index (χ0v) is 14.9. The fraction of sp³-hybridized carbons (Fsp3) is 0.625. The Morgan fingerprint density at radius 3 is 2.42 bits per heavy atom. The lowest BCUT2D eigenvalue weighted by Crippen LogP contribution is -2.48. The van der Waals surface area contributed by atoms with E-state index < -0.39 is 19.0 Å². The van der Waals surface area contributed by atoms with Gasteiger partial charge in [0, 0.05) is 31.0 Å². The molecule has 0 radical (unpaired) electrons. The molecule has 0 aliphatic heterocycles. The molecular formula is C16H28BN3O4. The molecule has 1 aromatic rings. The first kappa shape index (κ1) is 20.2. The minimum absolute atomic E-state index is 0.154. The molecule has 1 atom stereocenters. The van der Waals surface area contributed by atoms with E-state index in [0.717, 1.165) is 18.8 Å². The van der Waals surface area contributed by atoms with E-state index in [1.165, 1.54) is 10.6 Å². The Morgan fingerprint density at radius 1 is 1.33 bits per heavy atom. The van der Waals surface area contributed by atoms with E-state index in [2.05, 4.69) is 5.32 Å². The summed E-state index contributed by atoms with van der Waals surface area (Å²) in [5.74, 6) is -0.970. The molecule has 0 saturated heterocycles. The zero-order chi connectivity index (χ0) is 18.3. The molecule has 0 fully saturated rings. The van der Waals surface area contributed by atoms with Gasteiger partial charge in [-0.05, 0) is 32.3 Å². The standard InChI is InChI=1S/C16H28BN3O4/c1-5-19(6-2)13-7-8-20(16(22)10-13)11-15(21)18-14(17(23)24)9-12(3)4/h7-8,10,12,14,23-24H,5-6,9,11H2,1-4H3,(H,18,21)/t14-/m0/s1. The van der Waals surface area contributed by atoms with Crippen molar-refractivity contribution in [2.45, 2.75) is 46.6 Å². The summed E-state index contributed by atoms with van der Waals surface area (Å²) in [5.41, 5.74) is 0.560. The molecule has 3 N–H and O–H groups in total. The molecule has 7 nitrogen and oxygen atoms in total. The van der Waals surface area contributed by atoms with Crippen LogP contribution in [-0.4, -0.2) is 46.7 Å². The van der Waals surface area contributed by atoms with E-state index >= 15 is 0 Å². The summed E-state index contributed by atoms with van der Waals surface area (Å²) in [5, 5.41) is 21.3. The topological polar surface area (TPSA) is 94.8 Å². The smallest absolute Gasteiger partial charge is 0.426 e. The Kier molecular flexibility index (Phi) is 8.01. The third-order valence-corrected chi connectivity index (χ3v) is 3.85. The lowest BCUT2D eigenvalue weighted by molar-refractivity contribution is -0.122. The average Bonchev–Trinajstić information content (AvgIpc) is 2.50. The van der Waals surface area contributed by atoms with Gasteiger partial charge in [0.05, 0.1) is 5.94 Å². The van der Waals surface area contributed by atoms with Gasteiger partial charge in [-0.2, -0.15) is 0 Å². The third-order valence-electron chi connectivity index (χ3n) is 3.85.